The predicted octanol–water partition coefficient (Wildman–Crippen LogP) is 6.55. The summed E-state index contributed by atoms with van der Waals surface area (Å²) in [4.78, 5) is 12.3. The first-order chi connectivity index (χ1) is 15.0. The second kappa shape index (κ2) is 13.1. The molecule has 3 rings (SSSR count). The Labute approximate surface area is 195 Å². The summed E-state index contributed by atoms with van der Waals surface area (Å²) >= 11 is 5.75. The van der Waals surface area contributed by atoms with Crippen molar-refractivity contribution in [2.75, 3.05) is 20.0 Å². The summed E-state index contributed by atoms with van der Waals surface area (Å²) in [5.74, 6) is 3.39. The number of carbonyl (C=O) groups is 1. The maximum Gasteiger partial charge on any atom is 0.176 e. The Morgan fingerprint density at radius 1 is 0.839 bits per heavy atom. The first-order valence-corrected chi connectivity index (χ1v) is 11.8. The van der Waals surface area contributed by atoms with Crippen LogP contribution in [0.2, 0.25) is 0 Å². The zero-order valence-corrected chi connectivity index (χ0v) is 20.3. The quantitative estimate of drug-likeness (QED) is 0.309. The minimum atomic E-state index is 0.0663. The van der Waals surface area contributed by atoms with Crippen LogP contribution in [-0.2, 0) is 11.5 Å². The van der Waals surface area contributed by atoms with Crippen molar-refractivity contribution in [3.63, 3.8) is 0 Å². The van der Waals surface area contributed by atoms with Crippen molar-refractivity contribution in [1.82, 2.24) is 0 Å². The molecule has 0 saturated carbocycles. The van der Waals surface area contributed by atoms with Gasteiger partial charge in [-0.15, -0.1) is 11.8 Å². The van der Waals surface area contributed by atoms with Gasteiger partial charge < -0.3 is 9.47 Å². The molecule has 0 atom stereocenters. The van der Waals surface area contributed by atoms with E-state index in [1.165, 1.54) is 22.3 Å². The average Bonchev–Trinajstić information content (AvgIpc) is 2.80. The van der Waals surface area contributed by atoms with Crippen LogP contribution in [-0.4, -0.2) is 25.8 Å². The van der Waals surface area contributed by atoms with E-state index in [-0.39, 0.29) is 5.78 Å². The van der Waals surface area contributed by atoms with E-state index in [2.05, 4.69) is 75.0 Å². The molecule has 0 fully saturated rings. The Morgan fingerprint density at radius 2 is 1.42 bits per heavy atom. The maximum absolute atomic E-state index is 12.3. The molecule has 0 aliphatic heterocycles. The topological polar surface area (TPSA) is 35.5 Å². The molecular formula is C26H30O3S2. The Kier molecular flexibility index (Phi) is 10.5. The average molecular weight is 455 g/mol. The summed E-state index contributed by atoms with van der Waals surface area (Å²) in [6, 6.07) is 22.0. The van der Waals surface area contributed by atoms with Gasteiger partial charge in [0.2, 0.25) is 0 Å². The smallest absolute Gasteiger partial charge is 0.176 e. The van der Waals surface area contributed by atoms with E-state index in [1.807, 2.05) is 0 Å². The van der Waals surface area contributed by atoms with Crippen molar-refractivity contribution >= 4 is 30.2 Å². The zero-order valence-electron chi connectivity index (χ0n) is 18.6. The summed E-state index contributed by atoms with van der Waals surface area (Å²) in [5, 5.41) is 0. The monoisotopic (exact) mass is 454 g/mol. The van der Waals surface area contributed by atoms with Crippen LogP contribution in [0.3, 0.4) is 0 Å². The third-order valence-electron chi connectivity index (χ3n) is 4.63. The number of rotatable bonds is 8. The van der Waals surface area contributed by atoms with Gasteiger partial charge in [-0.05, 0) is 37.1 Å². The number of Topliss-reactive ketones (excluding diaryl/α,β-unsaturated/α-hetero) is 1. The molecule has 0 heterocycles. The number of ketones is 1. The van der Waals surface area contributed by atoms with Crippen LogP contribution in [0.1, 0.15) is 32.6 Å². The normalized spacial score (nSPS) is 10.1. The molecule has 31 heavy (non-hydrogen) atoms. The van der Waals surface area contributed by atoms with Crippen LogP contribution in [0, 0.1) is 13.8 Å². The van der Waals surface area contributed by atoms with Gasteiger partial charge in [0.25, 0.3) is 0 Å². The van der Waals surface area contributed by atoms with Crippen molar-refractivity contribution in [3.8, 4) is 11.5 Å². The van der Waals surface area contributed by atoms with Crippen LogP contribution in [0.25, 0.3) is 0 Å². The number of carbonyl (C=O) groups excluding carboxylic acids is 1. The Morgan fingerprint density at radius 3 is 1.94 bits per heavy atom. The van der Waals surface area contributed by atoms with Gasteiger partial charge in [0.15, 0.2) is 5.78 Å². The van der Waals surface area contributed by atoms with E-state index in [9.17, 15) is 4.79 Å². The number of ether oxygens (including phenoxy) is 2. The van der Waals surface area contributed by atoms with E-state index in [0.717, 1.165) is 11.5 Å². The third kappa shape index (κ3) is 8.35. The maximum atomic E-state index is 12.3. The highest BCUT2D eigenvalue weighted by Gasteiger charge is 2.13. The second-order valence-corrected chi connectivity index (χ2v) is 8.41. The van der Waals surface area contributed by atoms with Gasteiger partial charge >= 0.3 is 0 Å². The number of aryl methyl sites for hydroxylation is 2. The number of hydrogen-bond acceptors (Lipinski definition) is 5. The molecule has 0 amide bonds. The lowest BCUT2D eigenvalue weighted by atomic mass is 10.1. The molecule has 3 nitrogen and oxygen atoms in total. The van der Waals surface area contributed by atoms with Crippen LogP contribution in [0.4, 0.5) is 0 Å². The van der Waals surface area contributed by atoms with E-state index in [1.54, 1.807) is 44.2 Å². The van der Waals surface area contributed by atoms with Crippen LogP contribution < -0.4 is 9.47 Å². The molecule has 5 heteroatoms. The molecule has 0 N–H and O–H groups in total. The molecule has 0 aliphatic carbocycles. The molecule has 0 spiro atoms. The highest BCUT2D eigenvalue weighted by Crippen LogP contribution is 2.26. The zero-order chi connectivity index (χ0) is 22.6. The number of thiol groups is 1. The van der Waals surface area contributed by atoms with Crippen LogP contribution in [0.5, 0.6) is 11.5 Å². The first kappa shape index (κ1) is 24.9. The summed E-state index contributed by atoms with van der Waals surface area (Å²) in [5.41, 5.74) is 5.65. The third-order valence-corrected chi connectivity index (χ3v) is 6.00. The number of thioether (sulfide) groups is 1. The SMILES string of the molecule is COc1ccc(C(=O)CSCc2ccc(C)cc2)c(OC)c1.Cc1ccc(CS)cc1. The van der Waals surface area contributed by atoms with Crippen molar-refractivity contribution in [2.24, 2.45) is 0 Å². The number of hydrogen-bond donors (Lipinski definition) is 1. The van der Waals surface area contributed by atoms with Crippen molar-refractivity contribution in [3.05, 3.63) is 94.5 Å². The molecule has 0 radical (unpaired) electrons. The van der Waals surface area contributed by atoms with Gasteiger partial charge in [-0.2, -0.15) is 12.6 Å². The minimum absolute atomic E-state index is 0.0663. The van der Waals surface area contributed by atoms with Crippen molar-refractivity contribution < 1.29 is 14.3 Å². The molecule has 0 saturated heterocycles. The lowest BCUT2D eigenvalue weighted by molar-refractivity contribution is 0.101. The van der Waals surface area contributed by atoms with Crippen LogP contribution >= 0.6 is 24.4 Å². The summed E-state index contributed by atoms with van der Waals surface area (Å²) in [7, 11) is 3.15. The lowest BCUT2D eigenvalue weighted by Crippen LogP contribution is -2.05. The van der Waals surface area contributed by atoms with Gasteiger partial charge in [0, 0.05) is 17.6 Å². The van der Waals surface area contributed by atoms with E-state index in [4.69, 9.17) is 9.47 Å². The van der Waals surface area contributed by atoms with Crippen molar-refractivity contribution in [1.29, 1.82) is 0 Å². The lowest BCUT2D eigenvalue weighted by Gasteiger charge is -2.09. The molecule has 3 aromatic rings. The van der Waals surface area contributed by atoms with Gasteiger partial charge in [-0.3, -0.25) is 4.79 Å². The fraction of sp³-hybridized carbons (Fsp3) is 0.269. The molecule has 0 unspecified atom stereocenters. The largest absolute Gasteiger partial charge is 0.497 e. The molecule has 0 aromatic heterocycles. The fourth-order valence-corrected chi connectivity index (χ4v) is 3.83. The Balaban J connectivity index is 0.000000316. The van der Waals surface area contributed by atoms with Gasteiger partial charge in [-0.25, -0.2) is 0 Å². The van der Waals surface area contributed by atoms with Crippen molar-refractivity contribution in [2.45, 2.75) is 25.4 Å². The van der Waals surface area contributed by atoms with Crippen LogP contribution in [0.15, 0.2) is 66.7 Å². The summed E-state index contributed by atoms with van der Waals surface area (Å²) in [6.45, 7) is 4.15. The molecular weight excluding hydrogens is 424 g/mol. The highest BCUT2D eigenvalue weighted by molar-refractivity contribution is 7.99. The van der Waals surface area contributed by atoms with Gasteiger partial charge in [0.05, 0.1) is 25.5 Å². The molecule has 0 aliphatic rings. The van der Waals surface area contributed by atoms with Gasteiger partial charge in [-0.1, -0.05) is 59.7 Å². The highest BCUT2D eigenvalue weighted by atomic mass is 32.2. The second-order valence-electron chi connectivity index (χ2n) is 7.11. The Hall–Kier alpha value is -2.37. The van der Waals surface area contributed by atoms with E-state index < -0.39 is 0 Å². The molecule has 3 aromatic carbocycles. The summed E-state index contributed by atoms with van der Waals surface area (Å²) in [6.07, 6.45) is 0. The number of benzene rings is 3. The van der Waals surface area contributed by atoms with E-state index in [0.29, 0.717) is 22.8 Å². The fourth-order valence-electron chi connectivity index (χ4n) is 2.75. The molecule has 164 valence electrons. The molecule has 0 bridgehead atoms. The standard InChI is InChI=1S/C18H20O3S.C8H10S/c1-13-4-6-14(7-5-13)11-22-12-17(19)16-9-8-15(20-2)10-18(16)21-3;1-7-2-4-8(6-9)5-3-7/h4-10H,11-12H2,1-3H3;2-5,9H,6H2,1H3. The first-order valence-electron chi connectivity index (χ1n) is 10.0. The Bertz CT molecular complexity index is 951. The summed E-state index contributed by atoms with van der Waals surface area (Å²) < 4.78 is 10.4. The van der Waals surface area contributed by atoms with E-state index >= 15 is 0 Å². The number of methoxy groups -OCH3 is 2. The minimum Gasteiger partial charge on any atom is -0.497 e. The predicted molar refractivity (Wildman–Crippen MR) is 135 cm³/mol. The van der Waals surface area contributed by atoms with Gasteiger partial charge in [0.1, 0.15) is 11.5 Å².